The molecule has 7 N–H and O–H groups in total. The minimum absolute atomic E-state index is 0.0258. The van der Waals surface area contributed by atoms with E-state index in [1.54, 1.807) is 0 Å². The molecule has 2 aliphatic rings. The number of hydrogen-bond donors (Lipinski definition) is 7. The standard InChI is InChI=1S/C21H20O11/c22-7-14-16(26)18(28)19(29)21(32-14)31-12-4-2-9-15(25)13(30-20(9)17(12)27)6-8-1-3-10(23)11(24)5-8/h1-6,14,16,18-19,21-24,26-29H,7H2/b13-6+/t14-,16-,18+,19+,21+/m0/s1. The van der Waals surface area contributed by atoms with Gasteiger partial charge >= 0.3 is 0 Å². The Morgan fingerprint density at radius 1 is 0.969 bits per heavy atom. The molecule has 0 spiro atoms. The number of Topliss-reactive ketones (excluding diaryl/α,β-unsaturated/α-hetero) is 1. The Kier molecular flexibility index (Phi) is 5.67. The molecule has 0 bridgehead atoms. The normalized spacial score (nSPS) is 28.4. The number of ether oxygens (including phenoxy) is 3. The highest BCUT2D eigenvalue weighted by Gasteiger charge is 2.45. The highest BCUT2D eigenvalue weighted by Crippen LogP contribution is 2.45. The fourth-order valence-corrected chi connectivity index (χ4v) is 3.39. The molecular weight excluding hydrogens is 428 g/mol. The third-order valence-corrected chi connectivity index (χ3v) is 5.16. The van der Waals surface area contributed by atoms with Crippen molar-refractivity contribution in [1.29, 1.82) is 0 Å². The second-order valence-corrected chi connectivity index (χ2v) is 7.29. The van der Waals surface area contributed by atoms with Crippen LogP contribution in [0.5, 0.6) is 28.7 Å². The zero-order chi connectivity index (χ0) is 23.2. The Morgan fingerprint density at radius 2 is 1.72 bits per heavy atom. The number of carbonyl (C=O) groups is 1. The third kappa shape index (κ3) is 3.72. The lowest BCUT2D eigenvalue weighted by Gasteiger charge is -2.39. The maximum Gasteiger partial charge on any atom is 0.232 e. The van der Waals surface area contributed by atoms with Gasteiger partial charge in [-0.15, -0.1) is 0 Å². The largest absolute Gasteiger partial charge is 0.504 e. The molecule has 2 aromatic carbocycles. The maximum atomic E-state index is 12.6. The first kappa shape index (κ1) is 21.9. The summed E-state index contributed by atoms with van der Waals surface area (Å²) in [5.74, 6) is -2.48. The average molecular weight is 448 g/mol. The maximum absolute atomic E-state index is 12.6. The van der Waals surface area contributed by atoms with E-state index in [1.807, 2.05) is 0 Å². The van der Waals surface area contributed by atoms with Crippen molar-refractivity contribution < 1.29 is 54.8 Å². The van der Waals surface area contributed by atoms with Crippen LogP contribution in [0.2, 0.25) is 0 Å². The predicted molar refractivity (Wildman–Crippen MR) is 105 cm³/mol. The van der Waals surface area contributed by atoms with Gasteiger partial charge in [-0.1, -0.05) is 6.07 Å². The third-order valence-electron chi connectivity index (χ3n) is 5.16. The number of carbonyl (C=O) groups excluding carboxylic acids is 1. The summed E-state index contributed by atoms with van der Waals surface area (Å²) in [4.78, 5) is 12.6. The molecule has 1 saturated heterocycles. The summed E-state index contributed by atoms with van der Waals surface area (Å²) in [6.45, 7) is -0.653. The van der Waals surface area contributed by atoms with Crippen LogP contribution in [0.15, 0.2) is 36.1 Å². The number of phenols is 3. The number of fused-ring (bicyclic) bond motifs is 1. The summed E-state index contributed by atoms with van der Waals surface area (Å²) < 4.78 is 16.1. The number of aromatic hydroxyl groups is 3. The van der Waals surface area contributed by atoms with Crippen molar-refractivity contribution in [2.45, 2.75) is 30.7 Å². The van der Waals surface area contributed by atoms with Crippen molar-refractivity contribution >= 4 is 11.9 Å². The Morgan fingerprint density at radius 3 is 2.41 bits per heavy atom. The Hall–Kier alpha value is -3.35. The number of aliphatic hydroxyl groups excluding tert-OH is 4. The van der Waals surface area contributed by atoms with Gasteiger partial charge < -0.3 is 50.0 Å². The van der Waals surface area contributed by atoms with Crippen LogP contribution >= 0.6 is 0 Å². The summed E-state index contributed by atoms with van der Waals surface area (Å²) in [5.41, 5.74) is 0.381. The first-order chi connectivity index (χ1) is 15.2. The van der Waals surface area contributed by atoms with E-state index in [-0.39, 0.29) is 34.3 Å². The van der Waals surface area contributed by atoms with Gasteiger partial charge in [0.2, 0.25) is 17.8 Å². The second-order valence-electron chi connectivity index (χ2n) is 7.29. The van der Waals surface area contributed by atoms with Crippen LogP contribution in [-0.2, 0) is 4.74 Å². The van der Waals surface area contributed by atoms with Gasteiger partial charge in [0.1, 0.15) is 24.4 Å². The molecule has 0 aromatic heterocycles. The molecule has 0 unspecified atom stereocenters. The highest BCUT2D eigenvalue weighted by atomic mass is 16.7. The minimum Gasteiger partial charge on any atom is -0.504 e. The summed E-state index contributed by atoms with van der Waals surface area (Å²) >= 11 is 0. The second kappa shape index (κ2) is 8.30. The van der Waals surface area contributed by atoms with Crippen LogP contribution in [0.3, 0.4) is 0 Å². The molecule has 5 atom stereocenters. The van der Waals surface area contributed by atoms with Crippen LogP contribution in [0, 0.1) is 0 Å². The molecule has 170 valence electrons. The van der Waals surface area contributed by atoms with E-state index in [0.29, 0.717) is 5.56 Å². The smallest absolute Gasteiger partial charge is 0.232 e. The Labute approximate surface area is 180 Å². The molecule has 0 radical (unpaired) electrons. The lowest BCUT2D eigenvalue weighted by Crippen LogP contribution is -2.60. The number of aliphatic hydroxyl groups is 4. The molecule has 11 heteroatoms. The first-order valence-corrected chi connectivity index (χ1v) is 9.50. The van der Waals surface area contributed by atoms with Crippen LogP contribution < -0.4 is 9.47 Å². The topological polar surface area (TPSA) is 186 Å². The van der Waals surface area contributed by atoms with Crippen molar-refractivity contribution in [3.8, 4) is 28.7 Å². The molecule has 0 aliphatic carbocycles. The van der Waals surface area contributed by atoms with Gasteiger partial charge in [0, 0.05) is 0 Å². The summed E-state index contributed by atoms with van der Waals surface area (Å²) in [6, 6.07) is 6.43. The van der Waals surface area contributed by atoms with Gasteiger partial charge in [-0.3, -0.25) is 4.79 Å². The lowest BCUT2D eigenvalue weighted by molar-refractivity contribution is -0.277. The molecule has 2 aromatic rings. The molecule has 11 nitrogen and oxygen atoms in total. The summed E-state index contributed by atoms with van der Waals surface area (Å²) in [5, 5.41) is 68.6. The number of rotatable bonds is 4. The minimum atomic E-state index is -1.69. The number of benzene rings is 2. The van der Waals surface area contributed by atoms with Gasteiger partial charge in [0.05, 0.1) is 12.2 Å². The van der Waals surface area contributed by atoms with Gasteiger partial charge in [-0.2, -0.15) is 0 Å². The van der Waals surface area contributed by atoms with E-state index < -0.39 is 48.8 Å². The van der Waals surface area contributed by atoms with Crippen molar-refractivity contribution in [3.05, 3.63) is 47.2 Å². The quantitative estimate of drug-likeness (QED) is 0.238. The fraction of sp³-hybridized carbons (Fsp3) is 0.286. The van der Waals surface area contributed by atoms with Crippen LogP contribution in [0.25, 0.3) is 6.08 Å². The predicted octanol–water partition coefficient (Wildman–Crippen LogP) is -0.402. The molecule has 32 heavy (non-hydrogen) atoms. The van der Waals surface area contributed by atoms with Crippen LogP contribution in [-0.4, -0.2) is 78.8 Å². The van der Waals surface area contributed by atoms with Crippen LogP contribution in [0.4, 0.5) is 0 Å². The monoisotopic (exact) mass is 448 g/mol. The molecular formula is C21H20O11. The number of hydrogen-bond acceptors (Lipinski definition) is 11. The van der Waals surface area contributed by atoms with Crippen molar-refractivity contribution in [2.24, 2.45) is 0 Å². The van der Waals surface area contributed by atoms with Crippen molar-refractivity contribution in [1.82, 2.24) is 0 Å². The van der Waals surface area contributed by atoms with E-state index in [2.05, 4.69) is 0 Å². The summed E-state index contributed by atoms with van der Waals surface area (Å²) in [7, 11) is 0. The molecule has 4 rings (SSSR count). The number of phenolic OH excluding ortho intramolecular Hbond substituents is 3. The lowest BCUT2D eigenvalue weighted by atomic mass is 9.99. The highest BCUT2D eigenvalue weighted by molar-refractivity contribution is 6.15. The van der Waals surface area contributed by atoms with E-state index in [0.717, 1.165) is 0 Å². The Bertz CT molecular complexity index is 1080. The zero-order valence-corrected chi connectivity index (χ0v) is 16.3. The average Bonchev–Trinajstić information content (AvgIpc) is 3.09. The SMILES string of the molecule is O=C1/C(=C\c2ccc(O)c(O)c2)Oc2c1ccc(O[C@@H]1O[C@@H](CO)[C@H](O)[C@@H](O)[C@H]1O)c2O. The molecule has 0 saturated carbocycles. The number of allylic oxidation sites excluding steroid dienone is 1. The first-order valence-electron chi connectivity index (χ1n) is 9.50. The van der Waals surface area contributed by atoms with E-state index in [9.17, 15) is 40.5 Å². The van der Waals surface area contributed by atoms with Crippen molar-refractivity contribution in [2.75, 3.05) is 6.61 Å². The van der Waals surface area contributed by atoms with Gasteiger partial charge in [0.25, 0.3) is 0 Å². The molecule has 2 heterocycles. The fourth-order valence-electron chi connectivity index (χ4n) is 3.39. The van der Waals surface area contributed by atoms with E-state index in [4.69, 9.17) is 14.2 Å². The van der Waals surface area contributed by atoms with E-state index in [1.165, 1.54) is 36.4 Å². The number of ketones is 1. The molecule has 1 fully saturated rings. The Balaban J connectivity index is 1.59. The molecule has 0 amide bonds. The zero-order valence-electron chi connectivity index (χ0n) is 16.3. The van der Waals surface area contributed by atoms with Crippen molar-refractivity contribution in [3.63, 3.8) is 0 Å². The van der Waals surface area contributed by atoms with Gasteiger partial charge in [-0.25, -0.2) is 0 Å². The van der Waals surface area contributed by atoms with Crippen LogP contribution in [0.1, 0.15) is 15.9 Å². The van der Waals surface area contributed by atoms with E-state index >= 15 is 0 Å². The molecule has 2 aliphatic heterocycles. The van der Waals surface area contributed by atoms with Gasteiger partial charge in [-0.05, 0) is 35.9 Å². The van der Waals surface area contributed by atoms with Gasteiger partial charge in [0.15, 0.2) is 28.8 Å². The summed E-state index contributed by atoms with van der Waals surface area (Å²) in [6.07, 6.45) is -6.38.